The number of carbonyl (C=O) groups excluding carboxylic acids is 1. The van der Waals surface area contributed by atoms with Gasteiger partial charge in [0.25, 0.3) is 5.91 Å². The average Bonchev–Trinajstić information content (AvgIpc) is 2.58. The first-order chi connectivity index (χ1) is 12.4. The summed E-state index contributed by atoms with van der Waals surface area (Å²) in [5.74, 6) is 2.60. The molecule has 6 nitrogen and oxygen atoms in total. The predicted molar refractivity (Wildman–Crippen MR) is 96.8 cm³/mol. The quantitative estimate of drug-likeness (QED) is 0.575. The molecule has 1 aromatic carbocycles. The molecule has 0 aromatic heterocycles. The van der Waals surface area contributed by atoms with Gasteiger partial charge in [0.05, 0.1) is 4.92 Å². The minimum atomic E-state index is -0.487. The van der Waals surface area contributed by atoms with Gasteiger partial charge in [0.15, 0.2) is 12.4 Å². The van der Waals surface area contributed by atoms with E-state index in [1.165, 1.54) is 50.7 Å². The summed E-state index contributed by atoms with van der Waals surface area (Å²) in [7, 11) is 1.84. The van der Waals surface area contributed by atoms with Crippen LogP contribution in [0.2, 0.25) is 0 Å². The van der Waals surface area contributed by atoms with Crippen LogP contribution in [0.4, 0.5) is 5.69 Å². The SMILES string of the molecule is CN(CC12CC3CC(CC(C3)C1)C2)C(=O)COc1ccccc1[N+](=O)[O-]. The number of hydrogen-bond acceptors (Lipinski definition) is 4. The Kier molecular flexibility index (Phi) is 4.37. The molecule has 4 aliphatic carbocycles. The van der Waals surface area contributed by atoms with Gasteiger partial charge in [-0.2, -0.15) is 0 Å². The van der Waals surface area contributed by atoms with Crippen molar-refractivity contribution >= 4 is 11.6 Å². The summed E-state index contributed by atoms with van der Waals surface area (Å²) in [4.78, 5) is 24.9. The fourth-order valence-electron chi connectivity index (χ4n) is 6.05. The highest BCUT2D eigenvalue weighted by Crippen LogP contribution is 2.60. The fraction of sp³-hybridized carbons (Fsp3) is 0.650. The number of nitro benzene ring substituents is 1. The molecule has 0 atom stereocenters. The van der Waals surface area contributed by atoms with E-state index in [0.29, 0.717) is 0 Å². The smallest absolute Gasteiger partial charge is 0.310 e. The number of amides is 1. The van der Waals surface area contributed by atoms with Crippen LogP contribution in [0.5, 0.6) is 5.75 Å². The van der Waals surface area contributed by atoms with Gasteiger partial charge in [-0.3, -0.25) is 14.9 Å². The molecule has 0 heterocycles. The summed E-state index contributed by atoms with van der Waals surface area (Å²) in [5.41, 5.74) is 0.182. The molecule has 4 saturated carbocycles. The predicted octanol–water partition coefficient (Wildman–Crippen LogP) is 3.65. The fourth-order valence-corrected chi connectivity index (χ4v) is 6.05. The van der Waals surface area contributed by atoms with Crippen LogP contribution in [-0.4, -0.2) is 35.9 Å². The minimum Gasteiger partial charge on any atom is -0.477 e. The van der Waals surface area contributed by atoms with E-state index >= 15 is 0 Å². The zero-order chi connectivity index (χ0) is 18.3. The van der Waals surface area contributed by atoms with E-state index < -0.39 is 4.92 Å². The van der Waals surface area contributed by atoms with Gasteiger partial charge in [0.1, 0.15) is 0 Å². The van der Waals surface area contributed by atoms with Gasteiger partial charge >= 0.3 is 5.69 Å². The maximum atomic E-state index is 12.6. The molecule has 0 saturated heterocycles. The summed E-state index contributed by atoms with van der Waals surface area (Å²) in [6.45, 7) is 0.628. The van der Waals surface area contributed by atoms with Crippen molar-refractivity contribution < 1.29 is 14.5 Å². The lowest BCUT2D eigenvalue weighted by atomic mass is 9.49. The van der Waals surface area contributed by atoms with Crippen LogP contribution in [0, 0.1) is 33.3 Å². The van der Waals surface area contributed by atoms with Gasteiger partial charge in [-0.1, -0.05) is 12.1 Å². The van der Waals surface area contributed by atoms with Gasteiger partial charge < -0.3 is 9.64 Å². The van der Waals surface area contributed by atoms with Gasteiger partial charge in [0, 0.05) is 19.7 Å². The van der Waals surface area contributed by atoms with Crippen LogP contribution in [0.15, 0.2) is 24.3 Å². The highest BCUT2D eigenvalue weighted by molar-refractivity contribution is 5.77. The molecule has 140 valence electrons. The second-order valence-electron chi connectivity index (χ2n) is 8.68. The Morgan fingerprint density at radius 3 is 2.35 bits per heavy atom. The van der Waals surface area contributed by atoms with Crippen molar-refractivity contribution in [3.05, 3.63) is 34.4 Å². The first-order valence-electron chi connectivity index (χ1n) is 9.54. The summed E-state index contributed by atoms with van der Waals surface area (Å²) in [6, 6.07) is 6.18. The van der Waals surface area contributed by atoms with Gasteiger partial charge in [-0.15, -0.1) is 0 Å². The maximum Gasteiger partial charge on any atom is 0.310 e. The van der Waals surface area contributed by atoms with Crippen LogP contribution in [0.25, 0.3) is 0 Å². The van der Waals surface area contributed by atoms with E-state index in [2.05, 4.69) is 0 Å². The zero-order valence-electron chi connectivity index (χ0n) is 15.2. The third kappa shape index (κ3) is 3.29. The number of benzene rings is 1. The molecule has 0 radical (unpaired) electrons. The lowest BCUT2D eigenvalue weighted by Crippen LogP contribution is -2.51. The Morgan fingerprint density at radius 1 is 1.19 bits per heavy atom. The monoisotopic (exact) mass is 358 g/mol. The van der Waals surface area contributed by atoms with E-state index in [0.717, 1.165) is 24.3 Å². The molecule has 5 rings (SSSR count). The van der Waals surface area contributed by atoms with Crippen molar-refractivity contribution in [1.29, 1.82) is 0 Å². The molecule has 0 unspecified atom stereocenters. The first-order valence-corrected chi connectivity index (χ1v) is 9.54. The van der Waals surface area contributed by atoms with Crippen molar-refractivity contribution in [2.24, 2.45) is 23.2 Å². The van der Waals surface area contributed by atoms with Crippen LogP contribution in [-0.2, 0) is 4.79 Å². The van der Waals surface area contributed by atoms with Crippen LogP contribution in [0.1, 0.15) is 38.5 Å². The second-order valence-corrected chi connectivity index (χ2v) is 8.68. The van der Waals surface area contributed by atoms with Crippen molar-refractivity contribution in [2.45, 2.75) is 38.5 Å². The lowest BCUT2D eigenvalue weighted by Gasteiger charge is -2.57. The summed E-state index contributed by atoms with van der Waals surface area (Å²) in [5, 5.41) is 11.0. The van der Waals surface area contributed by atoms with Gasteiger partial charge in [-0.25, -0.2) is 0 Å². The summed E-state index contributed by atoms with van der Waals surface area (Å²) >= 11 is 0. The molecular weight excluding hydrogens is 332 g/mol. The van der Waals surface area contributed by atoms with Crippen molar-refractivity contribution in [3.8, 4) is 5.75 Å². The topological polar surface area (TPSA) is 72.7 Å². The zero-order valence-corrected chi connectivity index (χ0v) is 15.2. The van der Waals surface area contributed by atoms with Crippen molar-refractivity contribution in [2.75, 3.05) is 20.2 Å². The largest absolute Gasteiger partial charge is 0.477 e. The number of nitro groups is 1. The average molecular weight is 358 g/mol. The Balaban J connectivity index is 1.36. The molecule has 0 N–H and O–H groups in total. The molecule has 4 bridgehead atoms. The summed E-state index contributed by atoms with van der Waals surface area (Å²) in [6.07, 6.45) is 7.91. The molecule has 1 amide bonds. The van der Waals surface area contributed by atoms with E-state index in [1.54, 1.807) is 17.0 Å². The third-order valence-electron chi connectivity index (χ3n) is 6.58. The van der Waals surface area contributed by atoms with Crippen molar-refractivity contribution in [1.82, 2.24) is 4.90 Å². The molecule has 0 aliphatic heterocycles. The second kappa shape index (κ2) is 6.56. The molecule has 1 aromatic rings. The van der Waals surface area contributed by atoms with Crippen LogP contribution < -0.4 is 4.74 Å². The Bertz CT molecular complexity index is 682. The van der Waals surface area contributed by atoms with Gasteiger partial charge in [0.2, 0.25) is 0 Å². The highest BCUT2D eigenvalue weighted by atomic mass is 16.6. The van der Waals surface area contributed by atoms with Gasteiger partial charge in [-0.05, 0) is 67.8 Å². The van der Waals surface area contributed by atoms with E-state index in [4.69, 9.17) is 4.74 Å². The molecule has 4 fully saturated rings. The van der Waals surface area contributed by atoms with E-state index in [-0.39, 0.29) is 29.4 Å². The standard InChI is InChI=1S/C20H26N2O4/c1-21(13-20-9-14-6-15(10-20)8-16(7-14)11-20)19(23)12-26-18-5-3-2-4-17(18)22(24)25/h2-5,14-16H,6-13H2,1H3. The number of para-hydroxylation sites is 2. The van der Waals surface area contributed by atoms with Crippen molar-refractivity contribution in [3.63, 3.8) is 0 Å². The Hall–Kier alpha value is -2.11. The number of carbonyl (C=O) groups is 1. The highest BCUT2D eigenvalue weighted by Gasteiger charge is 2.51. The first kappa shape index (κ1) is 17.3. The number of nitrogens with zero attached hydrogens (tertiary/aromatic N) is 2. The van der Waals surface area contributed by atoms with Crippen LogP contribution in [0.3, 0.4) is 0 Å². The summed E-state index contributed by atoms with van der Waals surface area (Å²) < 4.78 is 5.47. The van der Waals surface area contributed by atoms with E-state index in [9.17, 15) is 14.9 Å². The molecular formula is C20H26N2O4. The maximum absolute atomic E-state index is 12.6. The minimum absolute atomic E-state index is 0.107. The lowest BCUT2D eigenvalue weighted by molar-refractivity contribution is -0.385. The molecule has 26 heavy (non-hydrogen) atoms. The molecule has 0 spiro atoms. The molecule has 6 heteroatoms. The number of rotatable bonds is 6. The normalized spacial score (nSPS) is 31.7. The van der Waals surface area contributed by atoms with E-state index in [1.807, 2.05) is 7.05 Å². The number of ether oxygens (including phenoxy) is 1. The third-order valence-corrected chi connectivity index (χ3v) is 6.58. The Morgan fingerprint density at radius 2 is 1.77 bits per heavy atom. The molecule has 4 aliphatic rings. The number of likely N-dealkylation sites (N-methyl/N-ethyl adjacent to an activating group) is 1. The van der Waals surface area contributed by atoms with Crippen LogP contribution >= 0.6 is 0 Å². The number of hydrogen-bond donors (Lipinski definition) is 0. The Labute approximate surface area is 153 Å².